The first kappa shape index (κ1) is 13.3. The van der Waals surface area contributed by atoms with Gasteiger partial charge in [-0.05, 0) is 13.2 Å². The van der Waals surface area contributed by atoms with Crippen molar-refractivity contribution in [2.24, 2.45) is 0 Å². The van der Waals surface area contributed by atoms with E-state index in [0.717, 1.165) is 0 Å². The first-order valence-electron chi connectivity index (χ1n) is 4.96. The number of hydrogen-bond donors (Lipinski definition) is 0. The maximum Gasteiger partial charge on any atom is 0.132 e. The minimum Gasteiger partial charge on any atom is -0.376 e. The number of hydrogen-bond acceptors (Lipinski definition) is 5. The Kier molecular flexibility index (Phi) is 5.35. The average molecular weight is 236 g/mol. The zero-order valence-electron chi connectivity index (χ0n) is 9.93. The summed E-state index contributed by atoms with van der Waals surface area (Å²) in [6.07, 6.45) is 1.77. The quantitative estimate of drug-likeness (QED) is 0.731. The smallest absolute Gasteiger partial charge is 0.132 e. The lowest BCUT2D eigenvalue weighted by Crippen LogP contribution is -2.57. The number of thioether (sulfide) groups is 1. The highest BCUT2D eigenvalue weighted by Crippen LogP contribution is 2.31. The van der Waals surface area contributed by atoms with Crippen LogP contribution in [0.1, 0.15) is 6.92 Å². The summed E-state index contributed by atoms with van der Waals surface area (Å²) in [7, 11) is 5.02. The summed E-state index contributed by atoms with van der Waals surface area (Å²) >= 11 is 1.63. The lowest BCUT2D eigenvalue weighted by Gasteiger charge is -2.43. The summed E-state index contributed by atoms with van der Waals surface area (Å²) in [4.78, 5) is 0. The molecule has 0 radical (unpaired) electrons. The summed E-state index contributed by atoms with van der Waals surface area (Å²) < 4.78 is 22.1. The maximum absolute atomic E-state index is 5.81. The normalized spacial score (nSPS) is 41.8. The third kappa shape index (κ3) is 2.65. The fourth-order valence-electron chi connectivity index (χ4n) is 2.00. The molecule has 0 aromatic heterocycles. The van der Waals surface area contributed by atoms with Crippen molar-refractivity contribution in [1.82, 2.24) is 0 Å². The van der Waals surface area contributed by atoms with Crippen LogP contribution in [0.2, 0.25) is 0 Å². The molecule has 5 atom stereocenters. The highest BCUT2D eigenvalue weighted by Gasteiger charge is 2.44. The number of rotatable bonds is 4. The highest BCUT2D eigenvalue weighted by atomic mass is 32.2. The van der Waals surface area contributed by atoms with Gasteiger partial charge >= 0.3 is 0 Å². The van der Waals surface area contributed by atoms with Crippen LogP contribution < -0.4 is 0 Å². The van der Waals surface area contributed by atoms with Crippen LogP contribution in [0, 0.1) is 0 Å². The number of ether oxygens (including phenoxy) is 4. The molecule has 15 heavy (non-hydrogen) atoms. The van der Waals surface area contributed by atoms with Crippen molar-refractivity contribution < 1.29 is 18.9 Å². The second-order valence-electron chi connectivity index (χ2n) is 3.55. The predicted octanol–water partition coefficient (Wildman–Crippen LogP) is 1.14. The molecule has 1 heterocycles. The van der Waals surface area contributed by atoms with Crippen molar-refractivity contribution in [3.63, 3.8) is 0 Å². The van der Waals surface area contributed by atoms with Crippen molar-refractivity contribution in [3.8, 4) is 0 Å². The molecule has 0 spiro atoms. The Morgan fingerprint density at radius 3 is 1.87 bits per heavy atom. The van der Waals surface area contributed by atoms with E-state index in [1.54, 1.807) is 33.1 Å². The summed E-state index contributed by atoms with van der Waals surface area (Å²) in [5.74, 6) is 0. The minimum atomic E-state index is -0.0915. The van der Waals surface area contributed by atoms with Crippen LogP contribution >= 0.6 is 11.8 Å². The molecule has 90 valence electrons. The van der Waals surface area contributed by atoms with Gasteiger partial charge < -0.3 is 18.9 Å². The van der Waals surface area contributed by atoms with Crippen LogP contribution in [0.25, 0.3) is 0 Å². The molecule has 1 aliphatic heterocycles. The summed E-state index contributed by atoms with van der Waals surface area (Å²) in [5, 5.41) is 0. The Morgan fingerprint density at radius 1 is 0.933 bits per heavy atom. The van der Waals surface area contributed by atoms with Crippen molar-refractivity contribution in [2.75, 3.05) is 27.6 Å². The zero-order chi connectivity index (χ0) is 11.4. The van der Waals surface area contributed by atoms with Crippen LogP contribution in [0.15, 0.2) is 0 Å². The van der Waals surface area contributed by atoms with Crippen molar-refractivity contribution >= 4 is 11.8 Å². The van der Waals surface area contributed by atoms with Gasteiger partial charge in [0.25, 0.3) is 0 Å². The van der Waals surface area contributed by atoms with Crippen LogP contribution in [0.3, 0.4) is 0 Å². The van der Waals surface area contributed by atoms with Gasteiger partial charge in [0.2, 0.25) is 0 Å². The van der Waals surface area contributed by atoms with Crippen molar-refractivity contribution in [1.29, 1.82) is 0 Å². The fourth-order valence-corrected chi connectivity index (χ4v) is 2.82. The van der Waals surface area contributed by atoms with Gasteiger partial charge in [0, 0.05) is 21.3 Å². The van der Waals surface area contributed by atoms with Crippen molar-refractivity contribution in [2.45, 2.75) is 36.8 Å². The van der Waals surface area contributed by atoms with E-state index >= 15 is 0 Å². The molecule has 0 bridgehead atoms. The molecule has 0 N–H and O–H groups in total. The molecule has 0 aromatic rings. The first-order valence-corrected chi connectivity index (χ1v) is 6.25. The molecular formula is C10H20O4S. The third-order valence-corrected chi connectivity index (χ3v) is 3.62. The van der Waals surface area contributed by atoms with Gasteiger partial charge in [0.15, 0.2) is 0 Å². The molecule has 4 nitrogen and oxygen atoms in total. The van der Waals surface area contributed by atoms with E-state index in [1.807, 2.05) is 13.2 Å². The molecule has 1 rings (SSSR count). The van der Waals surface area contributed by atoms with Gasteiger partial charge in [-0.3, -0.25) is 0 Å². The van der Waals surface area contributed by atoms with Crippen LogP contribution in [0.4, 0.5) is 0 Å². The summed E-state index contributed by atoms with van der Waals surface area (Å²) in [6, 6.07) is 0. The largest absolute Gasteiger partial charge is 0.376 e. The molecular weight excluding hydrogens is 216 g/mol. The van der Waals surface area contributed by atoms with Gasteiger partial charge in [0.05, 0.1) is 6.10 Å². The number of methoxy groups -OCH3 is 3. The first-order chi connectivity index (χ1) is 7.19. The second kappa shape index (κ2) is 6.06. The topological polar surface area (TPSA) is 36.9 Å². The lowest BCUT2D eigenvalue weighted by atomic mass is 10.0. The Labute approximate surface area is 95.6 Å². The highest BCUT2D eigenvalue weighted by molar-refractivity contribution is 7.99. The van der Waals surface area contributed by atoms with Gasteiger partial charge in [-0.1, -0.05) is 0 Å². The molecule has 0 amide bonds. The minimum absolute atomic E-state index is 0.00125. The zero-order valence-corrected chi connectivity index (χ0v) is 10.7. The Balaban J connectivity index is 2.80. The van der Waals surface area contributed by atoms with E-state index in [1.165, 1.54) is 0 Å². The predicted molar refractivity (Wildman–Crippen MR) is 60.2 cm³/mol. The van der Waals surface area contributed by atoms with Crippen LogP contribution in [-0.2, 0) is 18.9 Å². The molecule has 5 heteroatoms. The molecule has 1 fully saturated rings. The van der Waals surface area contributed by atoms with E-state index in [0.29, 0.717) is 0 Å². The van der Waals surface area contributed by atoms with E-state index < -0.39 is 0 Å². The summed E-state index contributed by atoms with van der Waals surface area (Å²) in [6.45, 7) is 2.00. The molecule has 1 saturated heterocycles. The Hall–Kier alpha value is 0.190. The van der Waals surface area contributed by atoms with E-state index in [9.17, 15) is 0 Å². The monoisotopic (exact) mass is 236 g/mol. The van der Waals surface area contributed by atoms with Gasteiger partial charge in [-0.15, -0.1) is 11.8 Å². The van der Waals surface area contributed by atoms with Crippen molar-refractivity contribution in [3.05, 3.63) is 0 Å². The standard InChI is InChI=1S/C10H20O4S/c1-6-7(11-2)8(12-3)9(13-4)10(14-6)15-5/h6-10H,1-5H3/t6-,7-,8-,9-,10-/m0/s1. The van der Waals surface area contributed by atoms with Gasteiger partial charge in [-0.25, -0.2) is 0 Å². The summed E-state index contributed by atoms with van der Waals surface area (Å²) in [5.41, 5.74) is 0.00125. The third-order valence-electron chi connectivity index (χ3n) is 2.78. The van der Waals surface area contributed by atoms with E-state index in [4.69, 9.17) is 18.9 Å². The van der Waals surface area contributed by atoms with Gasteiger partial charge in [0.1, 0.15) is 23.7 Å². The SMILES string of the molecule is CO[C@H]1[C@@H](OC)[C@H](C)O[C@@H](SC)[C@H]1OC. The van der Waals surface area contributed by atoms with Crippen LogP contribution in [0.5, 0.6) is 0 Å². The molecule has 0 aromatic carbocycles. The Morgan fingerprint density at radius 2 is 1.47 bits per heavy atom. The molecule has 0 unspecified atom stereocenters. The molecule has 0 aliphatic carbocycles. The van der Waals surface area contributed by atoms with E-state index in [2.05, 4.69) is 0 Å². The maximum atomic E-state index is 5.81. The second-order valence-corrected chi connectivity index (χ2v) is 4.48. The molecule has 1 aliphatic rings. The van der Waals surface area contributed by atoms with E-state index in [-0.39, 0.29) is 29.9 Å². The fraction of sp³-hybridized carbons (Fsp3) is 1.00. The Bertz CT molecular complexity index is 190. The average Bonchev–Trinajstić information content (AvgIpc) is 2.27. The lowest BCUT2D eigenvalue weighted by molar-refractivity contribution is -0.216. The molecule has 0 saturated carbocycles. The van der Waals surface area contributed by atoms with Crippen LogP contribution in [-0.4, -0.2) is 57.4 Å². The van der Waals surface area contributed by atoms with Gasteiger partial charge in [-0.2, -0.15) is 0 Å².